The maximum atomic E-state index is 12.3. The summed E-state index contributed by atoms with van der Waals surface area (Å²) in [5.41, 5.74) is 2.70. The summed E-state index contributed by atoms with van der Waals surface area (Å²) in [6.07, 6.45) is 4.84. The van der Waals surface area contributed by atoms with Gasteiger partial charge in [0.1, 0.15) is 6.04 Å². The minimum atomic E-state index is -0.441. The lowest BCUT2D eigenvalue weighted by atomic mass is 9.96. The smallest absolute Gasteiger partial charge is 0.243 e. The number of thiophene rings is 1. The van der Waals surface area contributed by atoms with Gasteiger partial charge in [-0.25, -0.2) is 0 Å². The van der Waals surface area contributed by atoms with Gasteiger partial charge in [-0.15, -0.1) is 23.1 Å². The third-order valence-corrected chi connectivity index (χ3v) is 6.93. The molecule has 1 fully saturated rings. The third kappa shape index (κ3) is 3.18. The van der Waals surface area contributed by atoms with Gasteiger partial charge in [0.25, 0.3) is 0 Å². The number of amides is 2. The first kappa shape index (κ1) is 15.9. The first-order valence-corrected chi connectivity index (χ1v) is 9.64. The van der Waals surface area contributed by atoms with Gasteiger partial charge in [-0.3, -0.25) is 9.59 Å². The number of hydrogen-bond donors (Lipinski definition) is 2. The molecular weight excluding hydrogens is 316 g/mol. The monoisotopic (exact) mass is 338 g/mol. The third-order valence-electron chi connectivity index (χ3n) is 4.38. The van der Waals surface area contributed by atoms with E-state index < -0.39 is 10.8 Å². The van der Waals surface area contributed by atoms with Crippen LogP contribution >= 0.6 is 23.1 Å². The van der Waals surface area contributed by atoms with Crippen LogP contribution in [0.4, 0.5) is 0 Å². The molecule has 2 heterocycles. The van der Waals surface area contributed by atoms with E-state index in [2.05, 4.69) is 16.0 Å². The Kier molecular flexibility index (Phi) is 4.50. The molecule has 6 heteroatoms. The van der Waals surface area contributed by atoms with Gasteiger partial charge in [0.2, 0.25) is 11.8 Å². The molecule has 4 nitrogen and oxygen atoms in total. The number of rotatable bonds is 3. The van der Waals surface area contributed by atoms with Gasteiger partial charge in [-0.1, -0.05) is 0 Å². The number of thioether (sulfide) groups is 1. The molecule has 22 heavy (non-hydrogen) atoms. The zero-order chi connectivity index (χ0) is 15.7. The molecular formula is C16H22N2O2S2. The van der Waals surface area contributed by atoms with Crippen LogP contribution in [0.25, 0.3) is 0 Å². The molecule has 0 radical (unpaired) electrons. The maximum absolute atomic E-state index is 12.3. The molecule has 1 atom stereocenters. The standard InChI is InChI=1S/C16H22N2O2S2/c1-16(2)15(20)18-12(9-22-16)14(19)17-7-10-8-21-13-6-4-3-5-11(10)13/h8,12H,3-7,9H2,1-2H3,(H,17,19)(H,18,20)/t12-/m0/s1. The van der Waals surface area contributed by atoms with E-state index in [1.54, 1.807) is 11.8 Å². The molecule has 0 spiro atoms. The van der Waals surface area contributed by atoms with Gasteiger partial charge in [0.15, 0.2) is 0 Å². The Balaban J connectivity index is 1.57. The molecule has 0 saturated carbocycles. The topological polar surface area (TPSA) is 58.2 Å². The van der Waals surface area contributed by atoms with E-state index in [0.717, 1.165) is 6.42 Å². The average Bonchev–Trinajstić information content (AvgIpc) is 2.91. The normalized spacial score (nSPS) is 23.5. The van der Waals surface area contributed by atoms with Crippen molar-refractivity contribution in [1.29, 1.82) is 0 Å². The number of carbonyl (C=O) groups excluding carboxylic acids is 2. The Labute approximate surface area is 139 Å². The highest BCUT2D eigenvalue weighted by Gasteiger charge is 2.37. The van der Waals surface area contributed by atoms with E-state index in [4.69, 9.17) is 0 Å². The molecule has 0 unspecified atom stereocenters. The van der Waals surface area contributed by atoms with Crippen molar-refractivity contribution < 1.29 is 9.59 Å². The summed E-state index contributed by atoms with van der Waals surface area (Å²) < 4.78 is -0.441. The number of aryl methyl sites for hydroxylation is 1. The van der Waals surface area contributed by atoms with Crippen molar-refractivity contribution in [2.45, 2.75) is 56.9 Å². The lowest BCUT2D eigenvalue weighted by Crippen LogP contribution is -2.57. The fraction of sp³-hybridized carbons (Fsp3) is 0.625. The molecule has 1 aromatic rings. The zero-order valence-electron chi connectivity index (χ0n) is 13.0. The van der Waals surface area contributed by atoms with E-state index in [0.29, 0.717) is 12.3 Å². The van der Waals surface area contributed by atoms with Crippen molar-refractivity contribution in [3.05, 3.63) is 21.4 Å². The van der Waals surface area contributed by atoms with Gasteiger partial charge in [0.05, 0.1) is 4.75 Å². The highest BCUT2D eigenvalue weighted by Crippen LogP contribution is 2.31. The van der Waals surface area contributed by atoms with Crippen LogP contribution in [-0.4, -0.2) is 28.4 Å². The molecule has 0 bridgehead atoms. The Bertz CT molecular complexity index is 595. The Morgan fingerprint density at radius 3 is 2.95 bits per heavy atom. The fourth-order valence-corrected chi connectivity index (χ4v) is 5.04. The van der Waals surface area contributed by atoms with Gasteiger partial charge in [0, 0.05) is 17.2 Å². The largest absolute Gasteiger partial charge is 0.350 e. The molecule has 1 aliphatic carbocycles. The maximum Gasteiger partial charge on any atom is 0.243 e. The number of nitrogens with one attached hydrogen (secondary N) is 2. The summed E-state index contributed by atoms with van der Waals surface area (Å²) in [4.78, 5) is 25.7. The molecule has 1 saturated heterocycles. The molecule has 3 rings (SSSR count). The van der Waals surface area contributed by atoms with E-state index in [1.807, 2.05) is 25.2 Å². The van der Waals surface area contributed by atoms with Crippen molar-refractivity contribution in [2.75, 3.05) is 5.75 Å². The molecule has 2 amide bonds. The predicted octanol–water partition coefficient (Wildman–Crippen LogP) is 2.25. The summed E-state index contributed by atoms with van der Waals surface area (Å²) in [6.45, 7) is 4.35. The Morgan fingerprint density at radius 1 is 1.41 bits per heavy atom. The minimum absolute atomic E-state index is 0.0585. The molecule has 1 aromatic heterocycles. The van der Waals surface area contributed by atoms with Gasteiger partial charge >= 0.3 is 0 Å². The van der Waals surface area contributed by atoms with Crippen molar-refractivity contribution in [3.8, 4) is 0 Å². The molecule has 2 N–H and O–H groups in total. The molecule has 120 valence electrons. The number of fused-ring (bicyclic) bond motifs is 1. The first-order valence-electron chi connectivity index (χ1n) is 7.78. The van der Waals surface area contributed by atoms with E-state index in [1.165, 1.54) is 35.3 Å². The predicted molar refractivity (Wildman–Crippen MR) is 91.3 cm³/mol. The van der Waals surface area contributed by atoms with E-state index in [9.17, 15) is 9.59 Å². The first-order chi connectivity index (χ1) is 10.5. The Morgan fingerprint density at radius 2 is 2.18 bits per heavy atom. The van der Waals surface area contributed by atoms with Gasteiger partial charge in [-0.05, 0) is 56.0 Å². The summed E-state index contributed by atoms with van der Waals surface area (Å²) >= 11 is 3.35. The van der Waals surface area contributed by atoms with Crippen LogP contribution in [0.1, 0.15) is 42.7 Å². The number of carbonyl (C=O) groups is 2. The second-order valence-electron chi connectivity index (χ2n) is 6.43. The molecule has 2 aliphatic rings. The van der Waals surface area contributed by atoms with Crippen LogP contribution in [0.2, 0.25) is 0 Å². The Hall–Kier alpha value is -1.01. The molecule has 0 aromatic carbocycles. The summed E-state index contributed by atoms with van der Waals surface area (Å²) in [6, 6.07) is -0.417. The van der Waals surface area contributed by atoms with E-state index >= 15 is 0 Å². The van der Waals surface area contributed by atoms with Crippen LogP contribution in [0.15, 0.2) is 5.38 Å². The van der Waals surface area contributed by atoms with Crippen LogP contribution in [0, 0.1) is 0 Å². The fourth-order valence-electron chi connectivity index (χ4n) is 2.89. The van der Waals surface area contributed by atoms with Crippen molar-refractivity contribution >= 4 is 34.9 Å². The van der Waals surface area contributed by atoms with Crippen LogP contribution in [0.3, 0.4) is 0 Å². The van der Waals surface area contributed by atoms with E-state index in [-0.39, 0.29) is 11.8 Å². The van der Waals surface area contributed by atoms with Crippen LogP contribution in [-0.2, 0) is 29.0 Å². The lowest BCUT2D eigenvalue weighted by molar-refractivity contribution is -0.129. The average molecular weight is 338 g/mol. The quantitative estimate of drug-likeness (QED) is 0.889. The SMILES string of the molecule is CC1(C)SC[C@@H](C(=O)NCc2csc3c2CCCC3)NC1=O. The van der Waals surface area contributed by atoms with Crippen LogP contribution in [0.5, 0.6) is 0 Å². The summed E-state index contributed by atoms with van der Waals surface area (Å²) in [5, 5.41) is 8.00. The zero-order valence-corrected chi connectivity index (χ0v) is 14.7. The van der Waals surface area contributed by atoms with Gasteiger partial charge < -0.3 is 10.6 Å². The van der Waals surface area contributed by atoms with Crippen molar-refractivity contribution in [3.63, 3.8) is 0 Å². The highest BCUT2D eigenvalue weighted by atomic mass is 32.2. The van der Waals surface area contributed by atoms with Crippen LogP contribution < -0.4 is 10.6 Å². The second kappa shape index (κ2) is 6.24. The minimum Gasteiger partial charge on any atom is -0.350 e. The lowest BCUT2D eigenvalue weighted by Gasteiger charge is -2.32. The molecule has 1 aliphatic heterocycles. The summed E-state index contributed by atoms with van der Waals surface area (Å²) in [7, 11) is 0. The van der Waals surface area contributed by atoms with Crippen molar-refractivity contribution in [2.24, 2.45) is 0 Å². The second-order valence-corrected chi connectivity index (χ2v) is 9.04. The number of hydrogen-bond acceptors (Lipinski definition) is 4. The van der Waals surface area contributed by atoms with Crippen molar-refractivity contribution in [1.82, 2.24) is 10.6 Å². The highest BCUT2D eigenvalue weighted by molar-refractivity contribution is 8.01. The summed E-state index contributed by atoms with van der Waals surface area (Å²) in [5.74, 6) is 0.496. The van der Waals surface area contributed by atoms with Gasteiger partial charge in [-0.2, -0.15) is 0 Å².